The Morgan fingerprint density at radius 2 is 1.84 bits per heavy atom. The van der Waals surface area contributed by atoms with Crippen molar-refractivity contribution in [3.05, 3.63) is 80.4 Å². The summed E-state index contributed by atoms with van der Waals surface area (Å²) < 4.78 is 5.66. The van der Waals surface area contributed by atoms with Gasteiger partial charge in [-0.3, -0.25) is 4.79 Å². The highest BCUT2D eigenvalue weighted by atomic mass is 35.5. The predicted molar refractivity (Wildman–Crippen MR) is 148 cm³/mol. The molecule has 3 heterocycles. The van der Waals surface area contributed by atoms with Crippen molar-refractivity contribution in [1.82, 2.24) is 19.9 Å². The molecule has 0 saturated carbocycles. The SMILES string of the molecule is COc1cc(N2CCN(C(=O)O)CC2)ccc1Nc1cc(Cc2c(Cl)cccc2Cl)nc2nc[nH]c(=O)c12. The van der Waals surface area contributed by atoms with Gasteiger partial charge in [0.2, 0.25) is 0 Å². The van der Waals surface area contributed by atoms with Crippen molar-refractivity contribution < 1.29 is 14.6 Å². The zero-order valence-electron chi connectivity index (χ0n) is 20.4. The van der Waals surface area contributed by atoms with Crippen LogP contribution < -0.4 is 20.5 Å². The van der Waals surface area contributed by atoms with E-state index in [1.807, 2.05) is 18.2 Å². The molecule has 0 bridgehead atoms. The number of piperazine rings is 1. The van der Waals surface area contributed by atoms with Crippen molar-refractivity contribution in [3.63, 3.8) is 0 Å². The zero-order chi connectivity index (χ0) is 26.8. The quantitative estimate of drug-likeness (QED) is 0.311. The average Bonchev–Trinajstić information content (AvgIpc) is 2.91. The van der Waals surface area contributed by atoms with Crippen LogP contribution in [-0.2, 0) is 6.42 Å². The number of pyridine rings is 1. The van der Waals surface area contributed by atoms with Gasteiger partial charge in [0.25, 0.3) is 5.56 Å². The molecule has 38 heavy (non-hydrogen) atoms. The number of anilines is 3. The van der Waals surface area contributed by atoms with Gasteiger partial charge in [0.1, 0.15) is 11.1 Å². The first kappa shape index (κ1) is 25.6. The fourth-order valence-electron chi connectivity index (χ4n) is 4.48. The standard InChI is InChI=1S/C26H24Cl2N6O4/c1-38-22-13-16(33-7-9-34(10-8-33)26(36)37)5-6-20(22)32-21-12-15(11-17-18(27)3-2-4-19(17)28)31-24-23(21)25(35)30-14-29-24/h2-6,12-14H,7-11H2,1H3,(H,36,37)(H2,29,30,31,32,35). The number of hydrogen-bond acceptors (Lipinski definition) is 7. The van der Waals surface area contributed by atoms with Crippen molar-refractivity contribution >= 4 is 57.4 Å². The number of carbonyl (C=O) groups is 1. The molecule has 3 N–H and O–H groups in total. The van der Waals surface area contributed by atoms with Crippen LogP contribution in [-0.4, -0.2) is 64.3 Å². The molecule has 10 nitrogen and oxygen atoms in total. The summed E-state index contributed by atoms with van der Waals surface area (Å²) in [6.07, 6.45) is 0.746. The molecule has 0 unspecified atom stereocenters. The molecule has 196 valence electrons. The first-order valence-electron chi connectivity index (χ1n) is 11.8. The van der Waals surface area contributed by atoms with E-state index in [1.54, 1.807) is 31.4 Å². The maximum Gasteiger partial charge on any atom is 0.407 e. The summed E-state index contributed by atoms with van der Waals surface area (Å²) in [7, 11) is 1.57. The Morgan fingerprint density at radius 3 is 2.53 bits per heavy atom. The Hall–Kier alpha value is -4.02. The minimum Gasteiger partial charge on any atom is -0.494 e. The number of ether oxygens (including phenoxy) is 1. The van der Waals surface area contributed by atoms with Gasteiger partial charge in [0, 0.05) is 60.1 Å². The van der Waals surface area contributed by atoms with E-state index in [0.29, 0.717) is 70.8 Å². The lowest BCUT2D eigenvalue weighted by Crippen LogP contribution is -2.48. The summed E-state index contributed by atoms with van der Waals surface area (Å²) >= 11 is 12.8. The van der Waals surface area contributed by atoms with Gasteiger partial charge >= 0.3 is 6.09 Å². The minimum atomic E-state index is -0.910. The number of fused-ring (bicyclic) bond motifs is 1. The average molecular weight is 555 g/mol. The third-order valence-electron chi connectivity index (χ3n) is 6.45. The first-order chi connectivity index (χ1) is 18.3. The number of nitrogens with zero attached hydrogens (tertiary/aromatic N) is 4. The van der Waals surface area contributed by atoms with Gasteiger partial charge in [-0.2, -0.15) is 0 Å². The normalized spacial score (nSPS) is 13.6. The molecule has 1 aliphatic heterocycles. The summed E-state index contributed by atoms with van der Waals surface area (Å²) in [4.78, 5) is 38.9. The second-order valence-electron chi connectivity index (χ2n) is 8.73. The molecule has 0 aliphatic carbocycles. The highest BCUT2D eigenvalue weighted by Crippen LogP contribution is 2.35. The van der Waals surface area contributed by atoms with E-state index in [-0.39, 0.29) is 11.2 Å². The molecular weight excluding hydrogens is 531 g/mol. The highest BCUT2D eigenvalue weighted by molar-refractivity contribution is 6.36. The van der Waals surface area contributed by atoms with E-state index in [1.165, 1.54) is 11.2 Å². The number of H-pyrrole nitrogens is 1. The maximum atomic E-state index is 12.8. The molecule has 1 fully saturated rings. The summed E-state index contributed by atoms with van der Waals surface area (Å²) in [5.41, 5.74) is 3.35. The van der Waals surface area contributed by atoms with E-state index >= 15 is 0 Å². The van der Waals surface area contributed by atoms with Gasteiger partial charge < -0.3 is 29.9 Å². The number of halogens is 2. The molecule has 1 saturated heterocycles. The Bertz CT molecular complexity index is 1550. The molecule has 0 atom stereocenters. The van der Waals surface area contributed by atoms with Crippen LogP contribution in [0.5, 0.6) is 5.75 Å². The van der Waals surface area contributed by atoms with E-state index in [0.717, 1.165) is 11.3 Å². The Labute approximate surface area is 227 Å². The van der Waals surface area contributed by atoms with Gasteiger partial charge in [-0.15, -0.1) is 0 Å². The van der Waals surface area contributed by atoms with Gasteiger partial charge in [-0.1, -0.05) is 29.3 Å². The zero-order valence-corrected chi connectivity index (χ0v) is 21.9. The number of aromatic amines is 1. The maximum absolute atomic E-state index is 12.8. The van der Waals surface area contributed by atoms with Crippen LogP contribution in [0, 0.1) is 0 Å². The number of aromatic nitrogens is 3. The number of carboxylic acid groups (broad SMARTS) is 1. The topological polar surface area (TPSA) is 124 Å². The second-order valence-corrected chi connectivity index (χ2v) is 9.55. The van der Waals surface area contributed by atoms with Crippen LogP contribution >= 0.6 is 23.2 Å². The van der Waals surface area contributed by atoms with Gasteiger partial charge in [0.15, 0.2) is 5.65 Å². The Balaban J connectivity index is 1.48. The molecule has 2 aromatic carbocycles. The molecule has 1 amide bonds. The van der Waals surface area contributed by atoms with Crippen molar-refractivity contribution in [1.29, 1.82) is 0 Å². The molecule has 2 aromatic heterocycles. The van der Waals surface area contributed by atoms with Crippen molar-refractivity contribution in [2.45, 2.75) is 6.42 Å². The molecule has 4 aromatic rings. The Morgan fingerprint density at radius 1 is 1.11 bits per heavy atom. The second kappa shape index (κ2) is 10.8. The smallest absolute Gasteiger partial charge is 0.407 e. The van der Waals surface area contributed by atoms with Gasteiger partial charge in [0.05, 0.1) is 24.8 Å². The third kappa shape index (κ3) is 5.18. The molecule has 0 radical (unpaired) electrons. The van der Waals surface area contributed by atoms with Crippen LogP contribution in [0.2, 0.25) is 10.0 Å². The van der Waals surface area contributed by atoms with Crippen molar-refractivity contribution in [2.75, 3.05) is 43.5 Å². The lowest BCUT2D eigenvalue weighted by atomic mass is 10.1. The highest BCUT2D eigenvalue weighted by Gasteiger charge is 2.22. The van der Waals surface area contributed by atoms with Crippen LogP contribution in [0.4, 0.5) is 21.9 Å². The number of methoxy groups -OCH3 is 1. The number of benzene rings is 2. The fraction of sp³-hybridized carbons (Fsp3) is 0.231. The van der Waals surface area contributed by atoms with Crippen molar-refractivity contribution in [3.8, 4) is 5.75 Å². The first-order valence-corrected chi connectivity index (χ1v) is 12.6. The van der Waals surface area contributed by atoms with Crippen LogP contribution in [0.1, 0.15) is 11.3 Å². The number of amides is 1. The minimum absolute atomic E-state index is 0.281. The van der Waals surface area contributed by atoms with Gasteiger partial charge in [-0.25, -0.2) is 14.8 Å². The lowest BCUT2D eigenvalue weighted by Gasteiger charge is -2.34. The molecule has 0 spiro atoms. The van der Waals surface area contributed by atoms with E-state index in [2.05, 4.69) is 25.2 Å². The summed E-state index contributed by atoms with van der Waals surface area (Å²) in [6, 6.07) is 12.8. The summed E-state index contributed by atoms with van der Waals surface area (Å²) in [5.74, 6) is 0.559. The number of hydrogen-bond donors (Lipinski definition) is 3. The largest absolute Gasteiger partial charge is 0.494 e. The molecule has 5 rings (SSSR count). The number of nitrogens with one attached hydrogen (secondary N) is 2. The fourth-order valence-corrected chi connectivity index (χ4v) is 5.01. The monoisotopic (exact) mass is 554 g/mol. The van der Waals surface area contributed by atoms with Crippen molar-refractivity contribution in [2.24, 2.45) is 0 Å². The molecular formula is C26H24Cl2N6O4. The lowest BCUT2D eigenvalue weighted by molar-refractivity contribution is 0.142. The van der Waals surface area contributed by atoms with Gasteiger partial charge in [-0.05, 0) is 35.9 Å². The molecule has 12 heteroatoms. The predicted octanol–water partition coefficient (Wildman–Crippen LogP) is 4.77. The van der Waals surface area contributed by atoms with E-state index in [4.69, 9.17) is 27.9 Å². The summed E-state index contributed by atoms with van der Waals surface area (Å²) in [5, 5.41) is 13.9. The number of rotatable bonds is 6. The molecule has 1 aliphatic rings. The van der Waals surface area contributed by atoms with E-state index < -0.39 is 6.09 Å². The van der Waals surface area contributed by atoms with Crippen LogP contribution in [0.25, 0.3) is 11.0 Å². The third-order valence-corrected chi connectivity index (χ3v) is 7.16. The van der Waals surface area contributed by atoms with Crippen LogP contribution in [0.15, 0.2) is 53.6 Å². The summed E-state index contributed by atoms with van der Waals surface area (Å²) in [6.45, 7) is 2.00. The van der Waals surface area contributed by atoms with Crippen LogP contribution in [0.3, 0.4) is 0 Å². The Kier molecular flexibility index (Phi) is 7.26. The van der Waals surface area contributed by atoms with E-state index in [9.17, 15) is 14.7 Å².